The van der Waals surface area contributed by atoms with E-state index in [1.165, 1.54) is 12.1 Å². The Morgan fingerprint density at radius 1 is 1.11 bits per heavy atom. The Balaban J connectivity index is 1.51. The van der Waals surface area contributed by atoms with Gasteiger partial charge in [-0.2, -0.15) is 4.98 Å². The molecule has 8 heteroatoms. The summed E-state index contributed by atoms with van der Waals surface area (Å²) in [5.74, 6) is 1.36. The zero-order valence-corrected chi connectivity index (χ0v) is 15.0. The molecule has 0 unspecified atom stereocenters. The van der Waals surface area contributed by atoms with Gasteiger partial charge in [0.1, 0.15) is 11.6 Å². The highest BCUT2D eigenvalue weighted by Gasteiger charge is 2.16. The van der Waals surface area contributed by atoms with Gasteiger partial charge in [0.15, 0.2) is 17.0 Å². The van der Waals surface area contributed by atoms with Gasteiger partial charge in [-0.15, -0.1) is 0 Å². The number of imidazole rings is 1. The summed E-state index contributed by atoms with van der Waals surface area (Å²) in [6.07, 6.45) is 7.17. The number of anilines is 1. The summed E-state index contributed by atoms with van der Waals surface area (Å²) in [5.41, 5.74) is 1.37. The SMILES string of the molecule is Fc1ccc(Oc2cc3cnc(NC4CCOCC4)nc3n3ccnc23)cc1. The summed E-state index contributed by atoms with van der Waals surface area (Å²) in [7, 11) is 0. The molecule has 1 aliphatic rings. The first-order chi connectivity index (χ1) is 13.8. The van der Waals surface area contributed by atoms with Crippen LogP contribution in [-0.2, 0) is 4.74 Å². The molecular formula is C20H18FN5O2. The van der Waals surface area contributed by atoms with Gasteiger partial charge in [0.25, 0.3) is 0 Å². The van der Waals surface area contributed by atoms with E-state index in [-0.39, 0.29) is 5.82 Å². The average Bonchev–Trinajstić information content (AvgIpc) is 3.22. The maximum absolute atomic E-state index is 13.1. The van der Waals surface area contributed by atoms with Gasteiger partial charge in [0.2, 0.25) is 5.95 Å². The van der Waals surface area contributed by atoms with E-state index in [1.54, 1.807) is 24.5 Å². The van der Waals surface area contributed by atoms with E-state index in [0.717, 1.165) is 37.1 Å². The van der Waals surface area contributed by atoms with Gasteiger partial charge in [0, 0.05) is 43.2 Å². The Hall–Kier alpha value is -3.26. The fourth-order valence-corrected chi connectivity index (χ4v) is 3.34. The quantitative estimate of drug-likeness (QED) is 0.581. The van der Waals surface area contributed by atoms with Crippen molar-refractivity contribution in [2.24, 2.45) is 0 Å². The number of nitrogens with one attached hydrogen (secondary N) is 1. The molecule has 0 atom stereocenters. The van der Waals surface area contributed by atoms with E-state index in [0.29, 0.717) is 29.1 Å². The Kier molecular flexibility index (Phi) is 4.25. The Labute approximate surface area is 160 Å². The van der Waals surface area contributed by atoms with Gasteiger partial charge in [-0.05, 0) is 43.2 Å². The van der Waals surface area contributed by atoms with Crippen molar-refractivity contribution in [3.63, 3.8) is 0 Å². The highest BCUT2D eigenvalue weighted by molar-refractivity contribution is 5.82. The lowest BCUT2D eigenvalue weighted by molar-refractivity contribution is 0.0903. The molecule has 0 radical (unpaired) electrons. The molecule has 1 fully saturated rings. The highest BCUT2D eigenvalue weighted by atomic mass is 19.1. The first-order valence-electron chi connectivity index (χ1n) is 9.17. The minimum Gasteiger partial charge on any atom is -0.453 e. The number of pyridine rings is 1. The number of rotatable bonds is 4. The molecule has 5 rings (SSSR count). The standard InChI is InChI=1S/C20H18FN5O2/c21-14-1-3-16(4-2-14)28-17-11-13-12-23-20(24-15-5-9-27-10-6-15)25-18(13)26-8-7-22-19(17)26/h1-4,7-8,11-12,15H,5-6,9-10H2,(H,23,24,25). The summed E-state index contributed by atoms with van der Waals surface area (Å²) >= 11 is 0. The molecule has 28 heavy (non-hydrogen) atoms. The predicted molar refractivity (Wildman–Crippen MR) is 102 cm³/mol. The van der Waals surface area contributed by atoms with Crippen LogP contribution in [0.5, 0.6) is 11.5 Å². The van der Waals surface area contributed by atoms with E-state index in [2.05, 4.69) is 20.3 Å². The Morgan fingerprint density at radius 2 is 1.93 bits per heavy atom. The topological polar surface area (TPSA) is 73.6 Å². The number of halogens is 1. The number of ether oxygens (including phenoxy) is 2. The number of aromatic nitrogens is 4. The molecule has 4 aromatic rings. The van der Waals surface area contributed by atoms with Crippen LogP contribution in [0.25, 0.3) is 16.7 Å². The van der Waals surface area contributed by atoms with Crippen LogP contribution in [0.3, 0.4) is 0 Å². The van der Waals surface area contributed by atoms with Crippen LogP contribution in [0.15, 0.2) is 48.9 Å². The van der Waals surface area contributed by atoms with Crippen LogP contribution >= 0.6 is 0 Å². The van der Waals surface area contributed by atoms with E-state index >= 15 is 0 Å². The van der Waals surface area contributed by atoms with Crippen LogP contribution < -0.4 is 10.1 Å². The minimum absolute atomic E-state index is 0.310. The maximum Gasteiger partial charge on any atom is 0.224 e. The molecule has 0 bridgehead atoms. The second-order valence-electron chi connectivity index (χ2n) is 6.69. The van der Waals surface area contributed by atoms with Crippen LogP contribution in [0.1, 0.15) is 12.8 Å². The second kappa shape index (κ2) is 7.05. The number of fused-ring (bicyclic) bond motifs is 3. The van der Waals surface area contributed by atoms with Crippen molar-refractivity contribution in [1.82, 2.24) is 19.4 Å². The first kappa shape index (κ1) is 16.9. The lowest BCUT2D eigenvalue weighted by Gasteiger charge is -2.23. The minimum atomic E-state index is -0.310. The largest absolute Gasteiger partial charge is 0.453 e. The smallest absolute Gasteiger partial charge is 0.224 e. The molecule has 7 nitrogen and oxygen atoms in total. The monoisotopic (exact) mass is 379 g/mol. The molecule has 1 saturated heterocycles. The molecule has 142 valence electrons. The summed E-state index contributed by atoms with van der Waals surface area (Å²) in [6, 6.07) is 8.03. The number of nitrogens with zero attached hydrogens (tertiary/aromatic N) is 4. The van der Waals surface area contributed by atoms with Crippen LogP contribution in [-0.4, -0.2) is 38.6 Å². The van der Waals surface area contributed by atoms with Crippen molar-refractivity contribution >= 4 is 22.6 Å². The van der Waals surface area contributed by atoms with Gasteiger partial charge in [-0.1, -0.05) is 0 Å². The van der Waals surface area contributed by atoms with Crippen LogP contribution in [0, 0.1) is 5.82 Å². The van der Waals surface area contributed by atoms with E-state index in [4.69, 9.17) is 9.47 Å². The van der Waals surface area contributed by atoms with Crippen LogP contribution in [0.2, 0.25) is 0 Å². The lowest BCUT2D eigenvalue weighted by Crippen LogP contribution is -2.28. The molecule has 0 amide bonds. The van der Waals surface area contributed by atoms with Gasteiger partial charge < -0.3 is 14.8 Å². The fourth-order valence-electron chi connectivity index (χ4n) is 3.34. The van der Waals surface area contributed by atoms with E-state index in [9.17, 15) is 4.39 Å². The maximum atomic E-state index is 13.1. The van der Waals surface area contributed by atoms with Crippen molar-refractivity contribution in [2.45, 2.75) is 18.9 Å². The third kappa shape index (κ3) is 3.22. The number of benzene rings is 1. The lowest BCUT2D eigenvalue weighted by atomic mass is 10.1. The molecule has 1 aromatic carbocycles. The molecule has 4 heterocycles. The second-order valence-corrected chi connectivity index (χ2v) is 6.69. The predicted octanol–water partition coefficient (Wildman–Crippen LogP) is 3.80. The summed E-state index contributed by atoms with van der Waals surface area (Å²) < 4.78 is 26.3. The van der Waals surface area contributed by atoms with E-state index < -0.39 is 0 Å². The summed E-state index contributed by atoms with van der Waals surface area (Å²) in [5, 5.41) is 4.21. The van der Waals surface area contributed by atoms with Gasteiger partial charge >= 0.3 is 0 Å². The van der Waals surface area contributed by atoms with E-state index in [1.807, 2.05) is 16.7 Å². The molecule has 0 spiro atoms. The Morgan fingerprint density at radius 3 is 2.75 bits per heavy atom. The summed E-state index contributed by atoms with van der Waals surface area (Å²) in [6.45, 7) is 1.50. The van der Waals surface area contributed by atoms with Gasteiger partial charge in [-0.3, -0.25) is 4.40 Å². The van der Waals surface area contributed by atoms with Gasteiger partial charge in [-0.25, -0.2) is 14.4 Å². The number of hydrogen-bond acceptors (Lipinski definition) is 6. The highest BCUT2D eigenvalue weighted by Crippen LogP contribution is 2.29. The first-order valence-corrected chi connectivity index (χ1v) is 9.17. The summed E-state index contributed by atoms with van der Waals surface area (Å²) in [4.78, 5) is 13.5. The zero-order valence-electron chi connectivity index (χ0n) is 15.0. The normalized spacial score (nSPS) is 15.2. The van der Waals surface area contributed by atoms with Crippen molar-refractivity contribution in [1.29, 1.82) is 0 Å². The number of hydrogen-bond donors (Lipinski definition) is 1. The zero-order chi connectivity index (χ0) is 18.9. The van der Waals surface area contributed by atoms with Crippen molar-refractivity contribution in [3.05, 3.63) is 54.7 Å². The average molecular weight is 379 g/mol. The van der Waals surface area contributed by atoms with Crippen LogP contribution in [0.4, 0.5) is 10.3 Å². The molecule has 0 saturated carbocycles. The molecule has 0 aliphatic carbocycles. The van der Waals surface area contributed by atoms with Gasteiger partial charge in [0.05, 0.1) is 0 Å². The third-order valence-electron chi connectivity index (χ3n) is 4.77. The molecule has 1 aliphatic heterocycles. The molecular weight excluding hydrogens is 361 g/mol. The Bertz CT molecular complexity index is 1120. The van der Waals surface area contributed by atoms with Crippen molar-refractivity contribution < 1.29 is 13.9 Å². The molecule has 1 N–H and O–H groups in total. The van der Waals surface area contributed by atoms with Crippen molar-refractivity contribution in [3.8, 4) is 11.5 Å². The fraction of sp³-hybridized carbons (Fsp3) is 0.250. The third-order valence-corrected chi connectivity index (χ3v) is 4.77. The molecule has 3 aromatic heterocycles. The van der Waals surface area contributed by atoms with Crippen molar-refractivity contribution in [2.75, 3.05) is 18.5 Å².